The van der Waals surface area contributed by atoms with Gasteiger partial charge in [-0.25, -0.2) is 0 Å². The van der Waals surface area contributed by atoms with Gasteiger partial charge in [-0.15, -0.1) is 12.4 Å². The maximum absolute atomic E-state index is 12.2. The Morgan fingerprint density at radius 3 is 2.32 bits per heavy atom. The van der Waals surface area contributed by atoms with E-state index in [2.05, 4.69) is 5.32 Å². The number of anilines is 1. The molecule has 1 amide bonds. The second-order valence-corrected chi connectivity index (χ2v) is 5.44. The molecule has 0 aliphatic carbocycles. The molecule has 0 fully saturated rings. The Balaban J connectivity index is 0.00000312. The third kappa shape index (κ3) is 6.47. The van der Waals surface area contributed by atoms with Crippen LogP contribution in [0.15, 0.2) is 54.6 Å². The zero-order valence-corrected chi connectivity index (χ0v) is 14.9. The second-order valence-electron chi connectivity index (χ2n) is 5.44. The largest absolute Gasteiger partial charge is 0.465 e. The molecule has 5 nitrogen and oxygen atoms in total. The number of hydrogen-bond acceptors (Lipinski definition) is 4. The topological polar surface area (TPSA) is 81.4 Å². The van der Waals surface area contributed by atoms with Gasteiger partial charge in [0.2, 0.25) is 5.91 Å². The lowest BCUT2D eigenvalue weighted by molar-refractivity contribution is -0.144. The molecule has 0 radical (unpaired) electrons. The number of amides is 1. The van der Waals surface area contributed by atoms with Crippen LogP contribution in [-0.4, -0.2) is 25.0 Å². The highest BCUT2D eigenvalue weighted by Crippen LogP contribution is 2.16. The molecule has 3 N–H and O–H groups in total. The van der Waals surface area contributed by atoms with Crippen molar-refractivity contribution in [3.8, 4) is 0 Å². The number of halogens is 1. The highest BCUT2D eigenvalue weighted by molar-refractivity contribution is 5.85. The molecule has 2 aromatic rings. The van der Waals surface area contributed by atoms with E-state index in [4.69, 9.17) is 10.5 Å². The van der Waals surface area contributed by atoms with Crippen LogP contribution in [0.25, 0.3) is 0 Å². The molecule has 0 bridgehead atoms. The van der Waals surface area contributed by atoms with Crippen LogP contribution in [0.5, 0.6) is 0 Å². The Morgan fingerprint density at radius 1 is 1.08 bits per heavy atom. The number of ether oxygens (including phenoxy) is 1. The summed E-state index contributed by atoms with van der Waals surface area (Å²) in [6.45, 7) is 2.28. The first-order valence-electron chi connectivity index (χ1n) is 7.93. The van der Waals surface area contributed by atoms with E-state index in [0.717, 1.165) is 11.1 Å². The van der Waals surface area contributed by atoms with Gasteiger partial charge in [-0.2, -0.15) is 0 Å². The molecule has 6 heteroatoms. The van der Waals surface area contributed by atoms with Gasteiger partial charge in [0.05, 0.1) is 18.9 Å². The maximum Gasteiger partial charge on any atom is 0.315 e. The summed E-state index contributed by atoms with van der Waals surface area (Å²) in [6, 6.07) is 16.5. The average Bonchev–Trinajstić information content (AvgIpc) is 2.58. The van der Waals surface area contributed by atoms with Gasteiger partial charge in [-0.05, 0) is 30.2 Å². The molecule has 0 aliphatic rings. The summed E-state index contributed by atoms with van der Waals surface area (Å²) in [7, 11) is 0. The van der Waals surface area contributed by atoms with Gasteiger partial charge < -0.3 is 15.8 Å². The monoisotopic (exact) mass is 362 g/mol. The van der Waals surface area contributed by atoms with Crippen molar-refractivity contribution in [1.82, 2.24) is 5.32 Å². The van der Waals surface area contributed by atoms with Crippen LogP contribution in [-0.2, 0) is 20.7 Å². The van der Waals surface area contributed by atoms with Gasteiger partial charge in [0.25, 0.3) is 0 Å². The molecule has 2 rings (SSSR count). The molecule has 0 saturated heterocycles. The van der Waals surface area contributed by atoms with Gasteiger partial charge >= 0.3 is 5.97 Å². The first-order valence-corrected chi connectivity index (χ1v) is 7.93. The van der Waals surface area contributed by atoms with Gasteiger partial charge in [0, 0.05) is 12.2 Å². The predicted octanol–water partition coefficient (Wildman–Crippen LogP) is 2.70. The lowest BCUT2D eigenvalue weighted by Gasteiger charge is -2.16. The normalized spacial score (nSPS) is 11.1. The Labute approximate surface area is 154 Å². The number of nitrogens with one attached hydrogen (secondary N) is 1. The summed E-state index contributed by atoms with van der Waals surface area (Å²) in [5, 5.41) is 2.81. The van der Waals surface area contributed by atoms with Crippen LogP contribution >= 0.6 is 12.4 Å². The Bertz CT molecular complexity index is 675. The molecular weight excluding hydrogens is 340 g/mol. The number of benzene rings is 2. The fraction of sp³-hybridized carbons (Fsp3) is 0.263. The zero-order valence-electron chi connectivity index (χ0n) is 14.1. The van der Waals surface area contributed by atoms with Crippen molar-refractivity contribution in [2.75, 3.05) is 18.9 Å². The van der Waals surface area contributed by atoms with E-state index in [1.54, 1.807) is 19.1 Å². The van der Waals surface area contributed by atoms with Crippen LogP contribution < -0.4 is 11.1 Å². The average molecular weight is 363 g/mol. The van der Waals surface area contributed by atoms with Crippen molar-refractivity contribution < 1.29 is 14.3 Å². The van der Waals surface area contributed by atoms with E-state index in [1.807, 2.05) is 42.5 Å². The molecule has 2 aromatic carbocycles. The minimum atomic E-state index is -0.512. The highest BCUT2D eigenvalue weighted by atomic mass is 35.5. The smallest absolute Gasteiger partial charge is 0.315 e. The minimum absolute atomic E-state index is 0. The van der Waals surface area contributed by atoms with Crippen LogP contribution in [0.2, 0.25) is 0 Å². The first-order chi connectivity index (χ1) is 11.6. The van der Waals surface area contributed by atoms with Crippen LogP contribution in [0.3, 0.4) is 0 Å². The second kappa shape index (κ2) is 10.4. The quantitative estimate of drug-likeness (QED) is 0.586. The number of nitrogens with two attached hydrogens (primary N) is 1. The summed E-state index contributed by atoms with van der Waals surface area (Å²) < 4.78 is 5.12. The SMILES string of the molecule is CCOC(=O)C(CNC(=O)Cc1ccc(N)cc1)c1ccccc1.Cl. The molecule has 0 aromatic heterocycles. The van der Waals surface area contributed by atoms with Gasteiger partial charge in [0.1, 0.15) is 0 Å². The van der Waals surface area contributed by atoms with Crippen molar-refractivity contribution in [3.63, 3.8) is 0 Å². The summed E-state index contributed by atoms with van der Waals surface area (Å²) in [5.41, 5.74) is 7.98. The van der Waals surface area contributed by atoms with Crippen molar-refractivity contribution in [2.24, 2.45) is 0 Å². The Morgan fingerprint density at radius 2 is 1.72 bits per heavy atom. The number of esters is 1. The fourth-order valence-corrected chi connectivity index (χ4v) is 2.36. The number of hydrogen-bond donors (Lipinski definition) is 2. The van der Waals surface area contributed by atoms with Crippen LogP contribution in [0.1, 0.15) is 24.0 Å². The van der Waals surface area contributed by atoms with Gasteiger partial charge in [-0.1, -0.05) is 42.5 Å². The summed E-state index contributed by atoms with van der Waals surface area (Å²) in [4.78, 5) is 24.3. The van der Waals surface area contributed by atoms with Crippen molar-refractivity contribution >= 4 is 30.0 Å². The van der Waals surface area contributed by atoms with Crippen molar-refractivity contribution in [2.45, 2.75) is 19.3 Å². The summed E-state index contributed by atoms with van der Waals surface area (Å²) in [5.74, 6) is -0.997. The zero-order chi connectivity index (χ0) is 17.4. The molecule has 0 saturated carbocycles. The van der Waals surface area contributed by atoms with Crippen LogP contribution in [0, 0.1) is 0 Å². The molecule has 1 atom stereocenters. The van der Waals surface area contributed by atoms with E-state index in [9.17, 15) is 9.59 Å². The van der Waals surface area contributed by atoms with E-state index < -0.39 is 5.92 Å². The molecule has 0 spiro atoms. The molecule has 134 valence electrons. The lowest BCUT2D eigenvalue weighted by atomic mass is 9.99. The van der Waals surface area contributed by atoms with Crippen molar-refractivity contribution in [3.05, 3.63) is 65.7 Å². The van der Waals surface area contributed by atoms with Gasteiger partial charge in [-0.3, -0.25) is 9.59 Å². The Hall–Kier alpha value is -2.53. The highest BCUT2D eigenvalue weighted by Gasteiger charge is 2.22. The predicted molar refractivity (Wildman–Crippen MR) is 101 cm³/mol. The molecule has 25 heavy (non-hydrogen) atoms. The third-order valence-electron chi connectivity index (χ3n) is 3.62. The van der Waals surface area contributed by atoms with Crippen LogP contribution in [0.4, 0.5) is 5.69 Å². The maximum atomic E-state index is 12.2. The fourth-order valence-electron chi connectivity index (χ4n) is 2.36. The van der Waals surface area contributed by atoms with Gasteiger partial charge in [0.15, 0.2) is 0 Å². The van der Waals surface area contributed by atoms with Crippen molar-refractivity contribution in [1.29, 1.82) is 0 Å². The molecule has 0 aliphatic heterocycles. The Kier molecular flexibility index (Phi) is 8.50. The van der Waals surface area contributed by atoms with E-state index in [1.165, 1.54) is 0 Å². The number of carbonyl (C=O) groups is 2. The molecule has 0 heterocycles. The number of carbonyl (C=O) groups excluding carboxylic acids is 2. The summed E-state index contributed by atoms with van der Waals surface area (Å²) in [6.07, 6.45) is 0.241. The van der Waals surface area contributed by atoms with E-state index in [0.29, 0.717) is 12.3 Å². The molecule has 1 unspecified atom stereocenters. The standard InChI is InChI=1S/C19H22N2O3.ClH/c1-2-24-19(23)17(15-6-4-3-5-7-15)13-21-18(22)12-14-8-10-16(20)11-9-14;/h3-11,17H,2,12-13,20H2,1H3,(H,21,22);1H. The number of rotatable bonds is 7. The number of nitrogen functional groups attached to an aromatic ring is 1. The summed E-state index contributed by atoms with van der Waals surface area (Å²) >= 11 is 0. The van der Waals surface area contributed by atoms with E-state index in [-0.39, 0.29) is 37.2 Å². The molecular formula is C19H23ClN2O3. The van der Waals surface area contributed by atoms with E-state index >= 15 is 0 Å². The lowest BCUT2D eigenvalue weighted by Crippen LogP contribution is -2.33. The minimum Gasteiger partial charge on any atom is -0.465 e. The first kappa shape index (κ1) is 20.5. The third-order valence-corrected chi connectivity index (χ3v) is 3.62.